The fourth-order valence-corrected chi connectivity index (χ4v) is 4.32. The molecule has 1 aromatic heterocycles. The van der Waals surface area contributed by atoms with Gasteiger partial charge in [-0.2, -0.15) is 0 Å². The lowest BCUT2D eigenvalue weighted by Gasteiger charge is -2.28. The fourth-order valence-electron chi connectivity index (χ4n) is 4.06. The van der Waals surface area contributed by atoms with Gasteiger partial charge in [0.25, 0.3) is 0 Å². The van der Waals surface area contributed by atoms with Crippen LogP contribution in [0.2, 0.25) is 5.02 Å². The fraction of sp³-hybridized carbons (Fsp3) is 0.148. The molecule has 1 aliphatic heterocycles. The van der Waals surface area contributed by atoms with E-state index in [0.717, 1.165) is 54.2 Å². The van der Waals surface area contributed by atoms with Gasteiger partial charge < -0.3 is 20.3 Å². The van der Waals surface area contributed by atoms with Crippen molar-refractivity contribution >= 4 is 51.4 Å². The van der Waals surface area contributed by atoms with E-state index in [4.69, 9.17) is 21.3 Å². The molecule has 7 nitrogen and oxygen atoms in total. The minimum Gasteiger partial charge on any atom is -0.378 e. The monoisotopic (exact) mass is 485 g/mol. The van der Waals surface area contributed by atoms with E-state index in [-0.39, 0.29) is 5.91 Å². The number of carbonyl (C=O) groups excluding carboxylic acids is 1. The van der Waals surface area contributed by atoms with E-state index >= 15 is 0 Å². The summed E-state index contributed by atoms with van der Waals surface area (Å²) < 4.78 is 5.44. The van der Waals surface area contributed by atoms with Crippen LogP contribution in [0.3, 0.4) is 0 Å². The molecule has 0 saturated carbocycles. The summed E-state index contributed by atoms with van der Waals surface area (Å²) in [6.07, 6.45) is 3.01. The second-order valence-corrected chi connectivity index (χ2v) is 8.51. The number of benzene rings is 3. The van der Waals surface area contributed by atoms with Crippen molar-refractivity contribution in [3.8, 4) is 11.1 Å². The SMILES string of the molecule is C=CC(=O)Nc1cccc(-c2c(Cl)ccc3cnc(Nc4ccc(N5CCOCC5)cc4)nc23)c1. The molecule has 1 aliphatic rings. The zero-order valence-corrected chi connectivity index (χ0v) is 19.8. The number of nitrogens with zero attached hydrogens (tertiary/aromatic N) is 3. The molecule has 0 spiro atoms. The molecule has 0 unspecified atom stereocenters. The molecule has 4 aromatic rings. The number of anilines is 4. The number of morpholine rings is 1. The molecule has 2 N–H and O–H groups in total. The van der Waals surface area contributed by atoms with Crippen LogP contribution < -0.4 is 15.5 Å². The number of carbonyl (C=O) groups is 1. The molecule has 8 heteroatoms. The Morgan fingerprint density at radius 3 is 2.63 bits per heavy atom. The van der Waals surface area contributed by atoms with Crippen molar-refractivity contribution in [2.24, 2.45) is 0 Å². The second kappa shape index (κ2) is 10.1. The Labute approximate surface area is 208 Å². The zero-order chi connectivity index (χ0) is 24.2. The molecule has 3 aromatic carbocycles. The first-order valence-corrected chi connectivity index (χ1v) is 11.7. The van der Waals surface area contributed by atoms with Gasteiger partial charge in [-0.3, -0.25) is 4.79 Å². The van der Waals surface area contributed by atoms with Crippen molar-refractivity contribution < 1.29 is 9.53 Å². The van der Waals surface area contributed by atoms with E-state index in [1.54, 1.807) is 6.20 Å². The molecule has 176 valence electrons. The standard InChI is InChI=1S/C27H24ClN5O2/c1-2-24(34)30-21-5-3-4-18(16-21)25-23(28)11-6-19-17-29-27(32-26(19)25)31-20-7-9-22(10-8-20)33-12-14-35-15-13-33/h2-11,16-17H,1,12-15H2,(H,30,34)(H,29,31,32). The molecule has 1 amide bonds. The van der Waals surface area contributed by atoms with Gasteiger partial charge in [0.2, 0.25) is 11.9 Å². The van der Waals surface area contributed by atoms with Crippen LogP contribution in [0.1, 0.15) is 0 Å². The zero-order valence-electron chi connectivity index (χ0n) is 19.0. The number of ether oxygens (including phenoxy) is 1. The molecule has 0 atom stereocenters. The van der Waals surface area contributed by atoms with Gasteiger partial charge in [-0.25, -0.2) is 9.97 Å². The lowest BCUT2D eigenvalue weighted by Crippen LogP contribution is -2.36. The maximum atomic E-state index is 11.7. The lowest BCUT2D eigenvalue weighted by atomic mass is 10.0. The number of halogens is 1. The minimum absolute atomic E-state index is 0.278. The van der Waals surface area contributed by atoms with E-state index in [1.807, 2.05) is 48.5 Å². The highest BCUT2D eigenvalue weighted by molar-refractivity contribution is 6.35. The molecule has 0 radical (unpaired) electrons. The lowest BCUT2D eigenvalue weighted by molar-refractivity contribution is -0.111. The van der Waals surface area contributed by atoms with Crippen LogP contribution in [0, 0.1) is 0 Å². The summed E-state index contributed by atoms with van der Waals surface area (Å²) in [6.45, 7) is 6.78. The molecule has 0 bridgehead atoms. The van der Waals surface area contributed by atoms with Gasteiger partial charge in [-0.1, -0.05) is 30.3 Å². The average molecular weight is 486 g/mol. The van der Waals surface area contributed by atoms with Crippen LogP contribution >= 0.6 is 11.6 Å². The first-order chi connectivity index (χ1) is 17.1. The number of hydrogen-bond donors (Lipinski definition) is 2. The van der Waals surface area contributed by atoms with E-state index in [9.17, 15) is 4.79 Å². The number of fused-ring (bicyclic) bond motifs is 1. The van der Waals surface area contributed by atoms with Gasteiger partial charge in [0.15, 0.2) is 0 Å². The van der Waals surface area contributed by atoms with Gasteiger partial charge in [-0.05, 0) is 60.2 Å². The van der Waals surface area contributed by atoms with Crippen molar-refractivity contribution in [2.75, 3.05) is 41.8 Å². The summed E-state index contributed by atoms with van der Waals surface area (Å²) in [5.74, 6) is 0.191. The van der Waals surface area contributed by atoms with Crippen molar-refractivity contribution in [1.29, 1.82) is 0 Å². The Morgan fingerprint density at radius 1 is 1.06 bits per heavy atom. The number of rotatable bonds is 6. The van der Waals surface area contributed by atoms with Crippen LogP contribution in [0.5, 0.6) is 0 Å². The highest BCUT2D eigenvalue weighted by Crippen LogP contribution is 2.36. The van der Waals surface area contributed by atoms with Crippen molar-refractivity contribution in [3.63, 3.8) is 0 Å². The van der Waals surface area contributed by atoms with Gasteiger partial charge in [-0.15, -0.1) is 0 Å². The summed E-state index contributed by atoms with van der Waals surface area (Å²) in [6, 6.07) is 19.4. The van der Waals surface area contributed by atoms with Crippen LogP contribution in [0.4, 0.5) is 23.0 Å². The maximum absolute atomic E-state index is 11.7. The van der Waals surface area contributed by atoms with E-state index in [1.165, 1.54) is 6.08 Å². The van der Waals surface area contributed by atoms with Gasteiger partial charge >= 0.3 is 0 Å². The predicted octanol–water partition coefficient (Wildman–Crippen LogP) is 5.65. The molecule has 0 aliphatic carbocycles. The normalized spacial score (nSPS) is 13.5. The third-order valence-electron chi connectivity index (χ3n) is 5.81. The molecule has 35 heavy (non-hydrogen) atoms. The van der Waals surface area contributed by atoms with Gasteiger partial charge in [0.05, 0.1) is 23.8 Å². The maximum Gasteiger partial charge on any atom is 0.247 e. The number of nitrogens with one attached hydrogen (secondary N) is 2. The first-order valence-electron chi connectivity index (χ1n) is 11.3. The largest absolute Gasteiger partial charge is 0.378 e. The van der Waals surface area contributed by atoms with Crippen LogP contribution in [-0.2, 0) is 9.53 Å². The Morgan fingerprint density at radius 2 is 1.86 bits per heavy atom. The predicted molar refractivity (Wildman–Crippen MR) is 142 cm³/mol. The van der Waals surface area contributed by atoms with Gasteiger partial charge in [0.1, 0.15) is 0 Å². The Bertz CT molecular complexity index is 1380. The van der Waals surface area contributed by atoms with E-state index < -0.39 is 0 Å². The summed E-state index contributed by atoms with van der Waals surface area (Å²) in [4.78, 5) is 23.3. The van der Waals surface area contributed by atoms with Crippen LogP contribution in [0.15, 0.2) is 79.5 Å². The summed E-state index contributed by atoms with van der Waals surface area (Å²) in [5.41, 5.74) is 5.02. The summed E-state index contributed by atoms with van der Waals surface area (Å²) in [7, 11) is 0. The number of amides is 1. The molecule has 1 fully saturated rings. The molecule has 2 heterocycles. The van der Waals surface area contributed by atoms with Crippen molar-refractivity contribution in [2.45, 2.75) is 0 Å². The topological polar surface area (TPSA) is 79.4 Å². The third-order valence-corrected chi connectivity index (χ3v) is 6.12. The Balaban J connectivity index is 1.45. The van der Waals surface area contributed by atoms with Crippen molar-refractivity contribution in [1.82, 2.24) is 9.97 Å². The smallest absolute Gasteiger partial charge is 0.247 e. The second-order valence-electron chi connectivity index (χ2n) is 8.10. The highest BCUT2D eigenvalue weighted by atomic mass is 35.5. The van der Waals surface area contributed by atoms with Crippen LogP contribution in [-0.4, -0.2) is 42.2 Å². The van der Waals surface area contributed by atoms with Crippen molar-refractivity contribution in [3.05, 3.63) is 84.5 Å². The quantitative estimate of drug-likeness (QED) is 0.343. The average Bonchev–Trinajstić information content (AvgIpc) is 2.89. The number of hydrogen-bond acceptors (Lipinski definition) is 6. The molecule has 5 rings (SSSR count). The Hall–Kier alpha value is -3.94. The molecular formula is C27H24ClN5O2. The molecular weight excluding hydrogens is 462 g/mol. The minimum atomic E-state index is -0.278. The summed E-state index contributed by atoms with van der Waals surface area (Å²) in [5, 5.41) is 7.50. The number of aromatic nitrogens is 2. The first kappa shape index (κ1) is 22.8. The third kappa shape index (κ3) is 5.11. The highest BCUT2D eigenvalue weighted by Gasteiger charge is 2.14. The van der Waals surface area contributed by atoms with E-state index in [0.29, 0.717) is 22.2 Å². The van der Waals surface area contributed by atoms with E-state index in [2.05, 4.69) is 39.2 Å². The molecule has 1 saturated heterocycles. The van der Waals surface area contributed by atoms with Gasteiger partial charge in [0, 0.05) is 47.3 Å². The van der Waals surface area contributed by atoms with Crippen LogP contribution in [0.25, 0.3) is 22.0 Å². The Kier molecular flexibility index (Phi) is 6.61. The summed E-state index contributed by atoms with van der Waals surface area (Å²) >= 11 is 6.63.